The Morgan fingerprint density at radius 1 is 1.33 bits per heavy atom. The molecule has 2 rings (SSSR count). The van der Waals surface area contributed by atoms with Gasteiger partial charge in [0.15, 0.2) is 0 Å². The molecule has 0 radical (unpaired) electrons. The van der Waals surface area contributed by atoms with Crippen LogP contribution in [0.15, 0.2) is 45.8 Å². The van der Waals surface area contributed by atoms with Crippen LogP contribution >= 0.6 is 15.9 Å². The summed E-state index contributed by atoms with van der Waals surface area (Å²) in [4.78, 5) is 11.7. The summed E-state index contributed by atoms with van der Waals surface area (Å²) in [5.74, 6) is -0.276. The number of nitrogens with one attached hydrogen (secondary N) is 1. The van der Waals surface area contributed by atoms with Crippen LogP contribution in [0.1, 0.15) is 31.9 Å². The molecule has 1 atom stereocenters. The van der Waals surface area contributed by atoms with Gasteiger partial charge in [0.2, 0.25) is 0 Å². The standard InChI is InChI=1S/C16H18BrFN2O/c1-3-8-20-10-13(5-7-16(20)21)19-11(2)12-4-6-15(18)14(17)9-12/h4-7,9-11,19H,3,8H2,1-2H3. The van der Waals surface area contributed by atoms with Crippen molar-refractivity contribution in [1.82, 2.24) is 4.57 Å². The largest absolute Gasteiger partial charge is 0.377 e. The zero-order valence-corrected chi connectivity index (χ0v) is 13.7. The first-order valence-electron chi connectivity index (χ1n) is 6.93. The number of rotatable bonds is 5. The molecule has 0 aliphatic carbocycles. The van der Waals surface area contributed by atoms with Gasteiger partial charge in [0.05, 0.1) is 10.2 Å². The van der Waals surface area contributed by atoms with E-state index in [1.807, 2.05) is 20.0 Å². The summed E-state index contributed by atoms with van der Waals surface area (Å²) in [6.07, 6.45) is 2.73. The second-order valence-electron chi connectivity index (χ2n) is 4.99. The summed E-state index contributed by atoms with van der Waals surface area (Å²) >= 11 is 3.19. The molecule has 0 amide bonds. The van der Waals surface area contributed by atoms with E-state index in [9.17, 15) is 9.18 Å². The predicted molar refractivity (Wildman–Crippen MR) is 87.1 cm³/mol. The molecule has 0 aliphatic rings. The molecule has 3 nitrogen and oxygen atoms in total. The van der Waals surface area contributed by atoms with Gasteiger partial charge >= 0.3 is 0 Å². The summed E-state index contributed by atoms with van der Waals surface area (Å²) in [5, 5.41) is 3.33. The van der Waals surface area contributed by atoms with Crippen LogP contribution < -0.4 is 10.9 Å². The lowest BCUT2D eigenvalue weighted by Crippen LogP contribution is -2.19. The lowest BCUT2D eigenvalue weighted by Gasteiger charge is -2.17. The van der Waals surface area contributed by atoms with Crippen molar-refractivity contribution in [2.75, 3.05) is 5.32 Å². The molecule has 1 unspecified atom stereocenters. The van der Waals surface area contributed by atoms with Crippen molar-refractivity contribution >= 4 is 21.6 Å². The highest BCUT2D eigenvalue weighted by Crippen LogP contribution is 2.23. The molecule has 0 aliphatic heterocycles. The molecule has 0 fully saturated rings. The quantitative estimate of drug-likeness (QED) is 0.868. The molecular weight excluding hydrogens is 335 g/mol. The van der Waals surface area contributed by atoms with Crippen molar-refractivity contribution in [2.24, 2.45) is 0 Å². The van der Waals surface area contributed by atoms with Gasteiger partial charge in [0.1, 0.15) is 5.82 Å². The summed E-state index contributed by atoms with van der Waals surface area (Å²) in [6.45, 7) is 4.73. The van der Waals surface area contributed by atoms with Crippen LogP contribution in [0.5, 0.6) is 0 Å². The second kappa shape index (κ2) is 6.89. The van der Waals surface area contributed by atoms with Crippen molar-refractivity contribution in [3.63, 3.8) is 0 Å². The summed E-state index contributed by atoms with van der Waals surface area (Å²) < 4.78 is 15.4. The number of pyridine rings is 1. The van der Waals surface area contributed by atoms with Crippen molar-refractivity contribution < 1.29 is 4.39 Å². The number of hydrogen-bond acceptors (Lipinski definition) is 2. The summed E-state index contributed by atoms with van der Waals surface area (Å²) in [7, 11) is 0. The van der Waals surface area contributed by atoms with Gasteiger partial charge < -0.3 is 9.88 Å². The zero-order chi connectivity index (χ0) is 15.4. The minimum Gasteiger partial charge on any atom is -0.377 e. The molecule has 1 aromatic heterocycles. The first kappa shape index (κ1) is 15.8. The van der Waals surface area contributed by atoms with Crippen molar-refractivity contribution in [2.45, 2.75) is 32.9 Å². The van der Waals surface area contributed by atoms with Crippen LogP contribution in [0.3, 0.4) is 0 Å². The molecule has 0 bridgehead atoms. The maximum Gasteiger partial charge on any atom is 0.250 e. The molecule has 1 heterocycles. The van der Waals surface area contributed by atoms with Gasteiger partial charge in [-0.15, -0.1) is 0 Å². The molecule has 2 aromatic rings. The van der Waals surface area contributed by atoms with Gasteiger partial charge in [-0.1, -0.05) is 13.0 Å². The Morgan fingerprint density at radius 2 is 2.10 bits per heavy atom. The molecule has 0 saturated heterocycles. The van der Waals surface area contributed by atoms with E-state index >= 15 is 0 Å². The number of halogens is 2. The van der Waals surface area contributed by atoms with Gasteiger partial charge in [0.25, 0.3) is 5.56 Å². The van der Waals surface area contributed by atoms with E-state index in [1.54, 1.807) is 28.8 Å². The van der Waals surface area contributed by atoms with E-state index in [0.717, 1.165) is 17.7 Å². The predicted octanol–water partition coefficient (Wildman–Crippen LogP) is 4.33. The lowest BCUT2D eigenvalue weighted by atomic mass is 10.1. The van der Waals surface area contributed by atoms with Gasteiger partial charge in [0, 0.05) is 24.8 Å². The normalized spacial score (nSPS) is 12.2. The van der Waals surface area contributed by atoms with Crippen LogP contribution in [0.25, 0.3) is 0 Å². The number of aromatic nitrogens is 1. The van der Waals surface area contributed by atoms with Gasteiger partial charge in [-0.3, -0.25) is 4.79 Å². The summed E-state index contributed by atoms with van der Waals surface area (Å²) in [5.41, 5.74) is 1.84. The Hall–Kier alpha value is -1.62. The van der Waals surface area contributed by atoms with Crippen LogP contribution in [0, 0.1) is 5.82 Å². The highest BCUT2D eigenvalue weighted by molar-refractivity contribution is 9.10. The fraction of sp³-hybridized carbons (Fsp3) is 0.312. The van der Waals surface area contributed by atoms with Crippen molar-refractivity contribution in [3.05, 3.63) is 62.7 Å². The SMILES string of the molecule is CCCn1cc(NC(C)c2ccc(F)c(Br)c2)ccc1=O. The summed E-state index contributed by atoms with van der Waals surface area (Å²) in [6, 6.07) is 8.29. The Labute approximate surface area is 131 Å². The third kappa shape index (κ3) is 3.94. The maximum atomic E-state index is 13.3. The number of aryl methyl sites for hydroxylation is 1. The van der Waals surface area contributed by atoms with Gasteiger partial charge in [-0.05, 0) is 53.0 Å². The monoisotopic (exact) mass is 352 g/mol. The van der Waals surface area contributed by atoms with Gasteiger partial charge in [-0.2, -0.15) is 0 Å². The average Bonchev–Trinajstić information content (AvgIpc) is 2.45. The molecule has 0 saturated carbocycles. The Balaban J connectivity index is 2.18. The number of nitrogens with zero attached hydrogens (tertiary/aromatic N) is 1. The highest BCUT2D eigenvalue weighted by Gasteiger charge is 2.08. The molecule has 21 heavy (non-hydrogen) atoms. The Bertz CT molecular complexity index is 684. The van der Waals surface area contributed by atoms with Crippen molar-refractivity contribution in [1.29, 1.82) is 0 Å². The van der Waals surface area contributed by atoms with Gasteiger partial charge in [-0.25, -0.2) is 4.39 Å². The van der Waals surface area contributed by atoms with E-state index in [-0.39, 0.29) is 17.4 Å². The molecule has 0 spiro atoms. The molecular formula is C16H18BrFN2O. The van der Waals surface area contributed by atoms with Crippen molar-refractivity contribution in [3.8, 4) is 0 Å². The molecule has 112 valence electrons. The smallest absolute Gasteiger partial charge is 0.250 e. The van der Waals surface area contributed by atoms with E-state index in [0.29, 0.717) is 11.0 Å². The van der Waals surface area contributed by atoms with E-state index in [4.69, 9.17) is 0 Å². The first-order valence-corrected chi connectivity index (χ1v) is 7.72. The number of anilines is 1. The van der Waals surface area contributed by atoms with E-state index in [2.05, 4.69) is 21.2 Å². The molecule has 5 heteroatoms. The molecule has 1 N–H and O–H groups in total. The zero-order valence-electron chi connectivity index (χ0n) is 12.1. The molecule has 1 aromatic carbocycles. The topological polar surface area (TPSA) is 34.0 Å². The minimum atomic E-state index is -0.276. The van der Waals surface area contributed by atoms with Crippen LogP contribution in [0.4, 0.5) is 10.1 Å². The highest BCUT2D eigenvalue weighted by atomic mass is 79.9. The maximum absolute atomic E-state index is 13.3. The van der Waals surface area contributed by atoms with Crippen LogP contribution in [-0.2, 0) is 6.54 Å². The third-order valence-electron chi connectivity index (χ3n) is 3.27. The lowest BCUT2D eigenvalue weighted by molar-refractivity contribution is 0.619. The Kier molecular flexibility index (Phi) is 5.17. The van der Waals surface area contributed by atoms with E-state index < -0.39 is 0 Å². The first-order chi connectivity index (χ1) is 10.0. The van der Waals surface area contributed by atoms with Crippen LogP contribution in [0.2, 0.25) is 0 Å². The Morgan fingerprint density at radius 3 is 2.76 bits per heavy atom. The number of hydrogen-bond donors (Lipinski definition) is 1. The van der Waals surface area contributed by atoms with E-state index in [1.165, 1.54) is 6.07 Å². The fourth-order valence-electron chi connectivity index (χ4n) is 2.15. The fourth-order valence-corrected chi connectivity index (χ4v) is 2.54. The average molecular weight is 353 g/mol. The van der Waals surface area contributed by atoms with Crippen LogP contribution in [-0.4, -0.2) is 4.57 Å². The second-order valence-corrected chi connectivity index (χ2v) is 5.84. The minimum absolute atomic E-state index is 0.000389. The third-order valence-corrected chi connectivity index (χ3v) is 3.88. The number of benzene rings is 1.